The zero-order chi connectivity index (χ0) is 6.41. The summed E-state index contributed by atoms with van der Waals surface area (Å²) in [6, 6.07) is 0. The molecule has 44 valence electrons. The van der Waals surface area contributed by atoms with E-state index in [1.54, 1.807) is 0 Å². The lowest BCUT2D eigenvalue weighted by Gasteiger charge is -1.76. The van der Waals surface area contributed by atoms with Gasteiger partial charge >= 0.3 is 5.97 Å². The van der Waals surface area contributed by atoms with E-state index in [0.29, 0.717) is 12.4 Å². The van der Waals surface area contributed by atoms with E-state index in [2.05, 4.69) is 4.94 Å². The van der Waals surface area contributed by atoms with Gasteiger partial charge in [-0.3, -0.25) is 9.74 Å². The number of hydrogen-bond donors (Lipinski definition) is 0. The third-order valence-electron chi connectivity index (χ3n) is 0.387. The molecule has 0 unspecified atom stereocenters. The van der Waals surface area contributed by atoms with Crippen LogP contribution in [0.4, 0.5) is 4.53 Å². The van der Waals surface area contributed by atoms with Crippen molar-refractivity contribution in [2.45, 2.75) is 0 Å². The molecular weight excluding hydrogens is 115 g/mol. The summed E-state index contributed by atoms with van der Waals surface area (Å²) in [6.45, 7) is 0. The molecule has 0 amide bonds. The molecule has 0 aliphatic rings. The number of carbonyl (C=O) groups is 2. The average Bonchev–Trinajstić information content (AvgIpc) is 1.83. The van der Waals surface area contributed by atoms with Crippen molar-refractivity contribution in [1.82, 2.24) is 0 Å². The summed E-state index contributed by atoms with van der Waals surface area (Å²) in [5, 5.41) is 0. The summed E-state index contributed by atoms with van der Waals surface area (Å²) < 4.78 is 10.7. The van der Waals surface area contributed by atoms with Gasteiger partial charge in [0.1, 0.15) is 6.29 Å². The Hall–Kier alpha value is -1.19. The maximum atomic E-state index is 10.7. The number of rotatable bonds is 2. The summed E-state index contributed by atoms with van der Waals surface area (Å²) in [6.07, 6.45) is 1.85. The fourth-order valence-electron chi connectivity index (χ4n) is 0.144. The predicted molar refractivity (Wildman–Crippen MR) is 22.4 cm³/mol. The zero-order valence-electron chi connectivity index (χ0n) is 3.83. The van der Waals surface area contributed by atoms with Crippen LogP contribution in [0.25, 0.3) is 0 Å². The van der Waals surface area contributed by atoms with E-state index in [4.69, 9.17) is 0 Å². The van der Waals surface area contributed by atoms with E-state index in [1.165, 1.54) is 0 Å². The Bertz CT molecular complexity index is 118. The van der Waals surface area contributed by atoms with Gasteiger partial charge in [0.15, 0.2) is 0 Å². The Morgan fingerprint density at radius 1 is 1.62 bits per heavy atom. The molecule has 0 saturated heterocycles. The van der Waals surface area contributed by atoms with Gasteiger partial charge in [-0.05, 0) is 6.08 Å². The molecule has 4 heteroatoms. The smallest absolute Gasteiger partial charge is 0.299 e. The standard InChI is InChI=1S/C4H3FO3/c5-8-4(7)2-1-3-6/h1-3H/b2-1+. The van der Waals surface area contributed by atoms with E-state index < -0.39 is 5.97 Å². The van der Waals surface area contributed by atoms with Crippen molar-refractivity contribution in [2.75, 3.05) is 0 Å². The van der Waals surface area contributed by atoms with Crippen molar-refractivity contribution in [3.63, 3.8) is 0 Å². The van der Waals surface area contributed by atoms with Gasteiger partial charge in [0.25, 0.3) is 0 Å². The van der Waals surface area contributed by atoms with Gasteiger partial charge in [-0.25, -0.2) is 4.79 Å². The van der Waals surface area contributed by atoms with Crippen LogP contribution in [0.3, 0.4) is 0 Å². The summed E-state index contributed by atoms with van der Waals surface area (Å²) in [4.78, 5) is 21.8. The van der Waals surface area contributed by atoms with Gasteiger partial charge in [-0.15, -0.1) is 0 Å². The number of allylic oxidation sites excluding steroid dienone is 1. The maximum Gasteiger partial charge on any atom is 0.372 e. The molecule has 0 heterocycles. The second-order valence-corrected chi connectivity index (χ2v) is 0.891. The lowest BCUT2D eigenvalue weighted by molar-refractivity contribution is -0.176. The molecule has 3 nitrogen and oxygen atoms in total. The average molecular weight is 118 g/mol. The molecule has 0 aromatic carbocycles. The minimum absolute atomic E-state index is 0.344. The van der Waals surface area contributed by atoms with Gasteiger partial charge < -0.3 is 0 Å². The van der Waals surface area contributed by atoms with Crippen molar-refractivity contribution in [3.8, 4) is 0 Å². The normalized spacial score (nSPS) is 9.12. The summed E-state index contributed by atoms with van der Waals surface area (Å²) in [7, 11) is 0. The van der Waals surface area contributed by atoms with E-state index in [9.17, 15) is 14.1 Å². The van der Waals surface area contributed by atoms with E-state index >= 15 is 0 Å². The van der Waals surface area contributed by atoms with Gasteiger partial charge in [0, 0.05) is 10.6 Å². The second-order valence-electron chi connectivity index (χ2n) is 0.891. The van der Waals surface area contributed by atoms with Crippen molar-refractivity contribution < 1.29 is 19.1 Å². The van der Waals surface area contributed by atoms with Crippen molar-refractivity contribution in [3.05, 3.63) is 12.2 Å². The fourth-order valence-corrected chi connectivity index (χ4v) is 0.144. The van der Waals surface area contributed by atoms with Crippen LogP contribution in [-0.4, -0.2) is 12.3 Å². The van der Waals surface area contributed by atoms with Crippen molar-refractivity contribution >= 4 is 12.3 Å². The topological polar surface area (TPSA) is 43.4 Å². The minimum atomic E-state index is -1.18. The van der Waals surface area contributed by atoms with Gasteiger partial charge in [0.2, 0.25) is 0 Å². The van der Waals surface area contributed by atoms with Gasteiger partial charge in [-0.2, -0.15) is 0 Å². The Balaban J connectivity index is 3.52. The van der Waals surface area contributed by atoms with Gasteiger partial charge in [0.05, 0.1) is 0 Å². The van der Waals surface area contributed by atoms with Crippen molar-refractivity contribution in [1.29, 1.82) is 0 Å². The van der Waals surface area contributed by atoms with E-state index in [1.807, 2.05) is 0 Å². The van der Waals surface area contributed by atoms with Crippen LogP contribution in [0.5, 0.6) is 0 Å². The summed E-state index contributed by atoms with van der Waals surface area (Å²) >= 11 is 0. The molecule has 0 spiro atoms. The first-order valence-electron chi connectivity index (χ1n) is 1.75. The molecule has 0 aliphatic heterocycles. The molecular formula is C4H3FO3. The molecule has 0 fully saturated rings. The Kier molecular flexibility index (Phi) is 3.39. The number of hydrogen-bond acceptors (Lipinski definition) is 3. The quantitative estimate of drug-likeness (QED) is 0.383. The molecule has 0 N–H and O–H groups in total. The van der Waals surface area contributed by atoms with Crippen LogP contribution in [0.15, 0.2) is 12.2 Å². The van der Waals surface area contributed by atoms with Crippen LogP contribution in [0.2, 0.25) is 0 Å². The van der Waals surface area contributed by atoms with Crippen LogP contribution in [-0.2, 0) is 14.5 Å². The largest absolute Gasteiger partial charge is 0.372 e. The molecule has 0 aliphatic carbocycles. The number of halogens is 1. The summed E-state index contributed by atoms with van der Waals surface area (Å²) in [5.74, 6) is -1.18. The number of aldehydes is 1. The van der Waals surface area contributed by atoms with Crippen molar-refractivity contribution in [2.24, 2.45) is 0 Å². The number of carbonyl (C=O) groups excluding carboxylic acids is 2. The third kappa shape index (κ3) is 3.02. The predicted octanol–water partition coefficient (Wildman–Crippen LogP) is 0.169. The van der Waals surface area contributed by atoms with Crippen LogP contribution < -0.4 is 0 Å². The SMILES string of the molecule is O=C/C=C/C(=O)OF. The molecule has 8 heavy (non-hydrogen) atoms. The first-order chi connectivity index (χ1) is 3.81. The summed E-state index contributed by atoms with van der Waals surface area (Å²) in [5.41, 5.74) is 0. The molecule has 0 aromatic rings. The third-order valence-corrected chi connectivity index (χ3v) is 0.387. The Morgan fingerprint density at radius 2 is 2.25 bits per heavy atom. The lowest BCUT2D eigenvalue weighted by Crippen LogP contribution is -1.89. The Morgan fingerprint density at radius 3 is 2.62 bits per heavy atom. The fraction of sp³-hybridized carbons (Fsp3) is 0. The highest BCUT2D eigenvalue weighted by Gasteiger charge is 1.90. The minimum Gasteiger partial charge on any atom is -0.299 e. The Labute approximate surface area is 44.6 Å². The molecule has 0 saturated carbocycles. The highest BCUT2D eigenvalue weighted by molar-refractivity contribution is 5.85. The van der Waals surface area contributed by atoms with E-state index in [0.717, 1.165) is 6.08 Å². The molecule has 0 atom stereocenters. The van der Waals surface area contributed by atoms with Gasteiger partial charge in [-0.1, -0.05) is 0 Å². The molecule has 0 aromatic heterocycles. The van der Waals surface area contributed by atoms with Crippen LogP contribution >= 0.6 is 0 Å². The molecule has 0 bridgehead atoms. The van der Waals surface area contributed by atoms with Crippen LogP contribution in [0, 0.1) is 0 Å². The van der Waals surface area contributed by atoms with E-state index in [-0.39, 0.29) is 0 Å². The highest BCUT2D eigenvalue weighted by Crippen LogP contribution is 1.77. The first-order valence-corrected chi connectivity index (χ1v) is 1.75. The lowest BCUT2D eigenvalue weighted by atomic mass is 10.5. The maximum absolute atomic E-state index is 10.7. The second kappa shape index (κ2) is 3.98. The van der Waals surface area contributed by atoms with Crippen LogP contribution in [0.1, 0.15) is 0 Å². The zero-order valence-corrected chi connectivity index (χ0v) is 3.83. The first kappa shape index (κ1) is 6.81. The molecule has 0 radical (unpaired) electrons. The molecule has 0 rings (SSSR count). The monoisotopic (exact) mass is 118 g/mol. The highest BCUT2D eigenvalue weighted by atomic mass is 19.3.